The number of aryl methyl sites for hydroxylation is 1. The summed E-state index contributed by atoms with van der Waals surface area (Å²) in [6, 6.07) is 5.79. The average molecular weight is 297 g/mol. The molecule has 2 rings (SSSR count). The summed E-state index contributed by atoms with van der Waals surface area (Å²) in [7, 11) is 0. The van der Waals surface area contributed by atoms with E-state index in [4.69, 9.17) is 16.3 Å². The van der Waals surface area contributed by atoms with Gasteiger partial charge in [0.25, 0.3) is 0 Å². The highest BCUT2D eigenvalue weighted by Gasteiger charge is 2.31. The number of benzene rings is 1. The van der Waals surface area contributed by atoms with Crippen molar-refractivity contribution in [3.8, 4) is 0 Å². The Morgan fingerprint density at radius 1 is 1.30 bits per heavy atom. The molecule has 2 nitrogen and oxygen atoms in total. The predicted octanol–water partition coefficient (Wildman–Crippen LogP) is 4.67. The van der Waals surface area contributed by atoms with Crippen molar-refractivity contribution in [1.82, 2.24) is 0 Å². The Morgan fingerprint density at radius 2 is 2.00 bits per heavy atom. The Kier molecular flexibility index (Phi) is 5.88. The second kappa shape index (κ2) is 7.44. The van der Waals surface area contributed by atoms with Gasteiger partial charge in [0.1, 0.15) is 6.10 Å². The molecule has 1 aromatic carbocycles. The van der Waals surface area contributed by atoms with Gasteiger partial charge in [0, 0.05) is 11.6 Å². The highest BCUT2D eigenvalue weighted by molar-refractivity contribution is 6.31. The van der Waals surface area contributed by atoms with Crippen LogP contribution in [0.2, 0.25) is 5.02 Å². The van der Waals surface area contributed by atoms with Crippen LogP contribution in [0.3, 0.4) is 0 Å². The first-order chi connectivity index (χ1) is 9.63. The molecule has 0 radical (unpaired) electrons. The minimum absolute atomic E-state index is 0.112. The van der Waals surface area contributed by atoms with Crippen LogP contribution in [0.5, 0.6) is 0 Å². The molecule has 112 valence electrons. The molecule has 0 saturated heterocycles. The van der Waals surface area contributed by atoms with Gasteiger partial charge in [0.15, 0.2) is 0 Å². The molecule has 0 spiro atoms. The Bertz CT molecular complexity index is 427. The first kappa shape index (κ1) is 15.8. The molecular formula is C17H25ClO2. The van der Waals surface area contributed by atoms with E-state index in [0.717, 1.165) is 24.0 Å². The van der Waals surface area contributed by atoms with Crippen LogP contribution in [-0.2, 0) is 4.74 Å². The van der Waals surface area contributed by atoms with Gasteiger partial charge in [0.2, 0.25) is 0 Å². The lowest BCUT2D eigenvalue weighted by Crippen LogP contribution is -2.32. The Hall–Kier alpha value is -0.570. The molecule has 1 fully saturated rings. The summed E-state index contributed by atoms with van der Waals surface area (Å²) in [5, 5.41) is 11.4. The van der Waals surface area contributed by atoms with Crippen molar-refractivity contribution in [2.24, 2.45) is 5.92 Å². The zero-order valence-electron chi connectivity index (χ0n) is 12.4. The van der Waals surface area contributed by atoms with E-state index in [9.17, 15) is 5.11 Å². The van der Waals surface area contributed by atoms with E-state index in [1.807, 2.05) is 32.0 Å². The number of halogens is 1. The maximum Gasteiger partial charge on any atom is 0.105 e. The molecule has 1 aliphatic rings. The second-order valence-corrected chi connectivity index (χ2v) is 6.18. The lowest BCUT2D eigenvalue weighted by Gasteiger charge is -2.33. The van der Waals surface area contributed by atoms with E-state index >= 15 is 0 Å². The SMILES string of the molecule is CCOC(C1CCCCC1)C(O)c1ccc(C)c(Cl)c1. The molecule has 0 heterocycles. The van der Waals surface area contributed by atoms with E-state index in [0.29, 0.717) is 17.5 Å². The van der Waals surface area contributed by atoms with E-state index in [2.05, 4.69) is 0 Å². The molecule has 2 unspecified atom stereocenters. The third-order valence-corrected chi connectivity index (χ3v) is 4.73. The molecule has 2 atom stereocenters. The van der Waals surface area contributed by atoms with Gasteiger partial charge in [-0.3, -0.25) is 0 Å². The van der Waals surface area contributed by atoms with Crippen molar-refractivity contribution in [3.05, 3.63) is 34.3 Å². The molecule has 0 bridgehead atoms. The van der Waals surface area contributed by atoms with Crippen molar-refractivity contribution in [1.29, 1.82) is 0 Å². The Labute approximate surface area is 127 Å². The van der Waals surface area contributed by atoms with Gasteiger partial charge in [-0.1, -0.05) is 43.0 Å². The summed E-state index contributed by atoms with van der Waals surface area (Å²) in [6.07, 6.45) is 5.41. The van der Waals surface area contributed by atoms with Crippen LogP contribution in [0.25, 0.3) is 0 Å². The third-order valence-electron chi connectivity index (χ3n) is 4.32. The molecule has 0 aromatic heterocycles. The largest absolute Gasteiger partial charge is 0.386 e. The predicted molar refractivity (Wildman–Crippen MR) is 83.1 cm³/mol. The Morgan fingerprint density at radius 3 is 2.60 bits per heavy atom. The quantitative estimate of drug-likeness (QED) is 0.856. The number of hydrogen-bond donors (Lipinski definition) is 1. The first-order valence-corrected chi connectivity index (χ1v) is 8.07. The molecule has 20 heavy (non-hydrogen) atoms. The number of aliphatic hydroxyl groups is 1. The topological polar surface area (TPSA) is 29.5 Å². The van der Waals surface area contributed by atoms with Crippen LogP contribution < -0.4 is 0 Å². The van der Waals surface area contributed by atoms with Crippen LogP contribution in [0, 0.1) is 12.8 Å². The van der Waals surface area contributed by atoms with Gasteiger partial charge >= 0.3 is 0 Å². The molecule has 1 saturated carbocycles. The molecule has 1 aliphatic carbocycles. The fourth-order valence-corrected chi connectivity index (χ4v) is 3.31. The van der Waals surface area contributed by atoms with Crippen molar-refractivity contribution >= 4 is 11.6 Å². The van der Waals surface area contributed by atoms with E-state index in [-0.39, 0.29) is 6.10 Å². The van der Waals surface area contributed by atoms with Crippen molar-refractivity contribution in [3.63, 3.8) is 0 Å². The summed E-state index contributed by atoms with van der Waals surface area (Å²) >= 11 is 6.17. The van der Waals surface area contributed by atoms with Crippen LogP contribution in [0.4, 0.5) is 0 Å². The monoisotopic (exact) mass is 296 g/mol. The summed E-state index contributed by atoms with van der Waals surface area (Å²) in [5.74, 6) is 0.457. The lowest BCUT2D eigenvalue weighted by atomic mass is 9.82. The fourth-order valence-electron chi connectivity index (χ4n) is 3.12. The standard InChI is InChI=1S/C17H25ClO2/c1-3-20-17(13-7-5-4-6-8-13)16(19)14-10-9-12(2)15(18)11-14/h9-11,13,16-17,19H,3-8H2,1-2H3. The van der Waals surface area contributed by atoms with Gasteiger partial charge in [0.05, 0.1) is 6.10 Å². The average Bonchev–Trinajstić information content (AvgIpc) is 2.48. The highest BCUT2D eigenvalue weighted by atomic mass is 35.5. The maximum absolute atomic E-state index is 10.7. The zero-order chi connectivity index (χ0) is 14.5. The summed E-state index contributed by atoms with van der Waals surface area (Å²) in [5.41, 5.74) is 1.90. The summed E-state index contributed by atoms with van der Waals surface area (Å²) in [4.78, 5) is 0. The highest BCUT2D eigenvalue weighted by Crippen LogP contribution is 2.35. The van der Waals surface area contributed by atoms with E-state index < -0.39 is 6.10 Å². The molecule has 0 amide bonds. The van der Waals surface area contributed by atoms with Gasteiger partial charge in [-0.15, -0.1) is 0 Å². The summed E-state index contributed by atoms with van der Waals surface area (Å²) < 4.78 is 5.87. The first-order valence-electron chi connectivity index (χ1n) is 7.69. The zero-order valence-corrected chi connectivity index (χ0v) is 13.2. The molecule has 1 aromatic rings. The van der Waals surface area contributed by atoms with Gasteiger partial charge in [-0.2, -0.15) is 0 Å². The van der Waals surface area contributed by atoms with Crippen molar-refractivity contribution < 1.29 is 9.84 Å². The molecule has 0 aliphatic heterocycles. The van der Waals surface area contributed by atoms with Crippen molar-refractivity contribution in [2.75, 3.05) is 6.61 Å². The van der Waals surface area contributed by atoms with Crippen LogP contribution >= 0.6 is 11.6 Å². The third kappa shape index (κ3) is 3.75. The summed E-state index contributed by atoms with van der Waals surface area (Å²) in [6.45, 7) is 4.60. The number of rotatable bonds is 5. The van der Waals surface area contributed by atoms with Gasteiger partial charge in [-0.05, 0) is 49.8 Å². The smallest absolute Gasteiger partial charge is 0.105 e. The van der Waals surface area contributed by atoms with Crippen LogP contribution in [0.1, 0.15) is 56.3 Å². The number of aliphatic hydroxyl groups excluding tert-OH is 1. The molecule has 1 N–H and O–H groups in total. The van der Waals surface area contributed by atoms with Crippen molar-refractivity contribution in [2.45, 2.75) is 58.2 Å². The Balaban J connectivity index is 2.16. The minimum atomic E-state index is -0.587. The number of hydrogen-bond acceptors (Lipinski definition) is 2. The van der Waals surface area contributed by atoms with Crippen LogP contribution in [0.15, 0.2) is 18.2 Å². The van der Waals surface area contributed by atoms with Gasteiger partial charge < -0.3 is 9.84 Å². The lowest BCUT2D eigenvalue weighted by molar-refractivity contribution is -0.0739. The normalized spacial score (nSPS) is 19.8. The van der Waals surface area contributed by atoms with E-state index in [1.165, 1.54) is 19.3 Å². The maximum atomic E-state index is 10.7. The van der Waals surface area contributed by atoms with Crippen LogP contribution in [-0.4, -0.2) is 17.8 Å². The molecule has 3 heteroatoms. The minimum Gasteiger partial charge on any atom is -0.386 e. The number of ether oxygens (including phenoxy) is 1. The van der Waals surface area contributed by atoms with Gasteiger partial charge in [-0.25, -0.2) is 0 Å². The second-order valence-electron chi connectivity index (χ2n) is 5.77. The van der Waals surface area contributed by atoms with E-state index in [1.54, 1.807) is 0 Å². The fraction of sp³-hybridized carbons (Fsp3) is 0.647. The molecular weight excluding hydrogens is 272 g/mol.